The standard InChI is InChI=1S/C14H15F2NOS/c1-10(14-3-2-6-19-14)17-4-5-18-13-8-11(15)7-12(16)9-13/h2-3,6-10,17H,4-5H2,1H3. The second-order valence-electron chi connectivity index (χ2n) is 4.14. The lowest BCUT2D eigenvalue weighted by Crippen LogP contribution is -2.23. The zero-order valence-corrected chi connectivity index (χ0v) is 11.3. The summed E-state index contributed by atoms with van der Waals surface area (Å²) in [6.45, 7) is 3.03. The molecule has 0 spiro atoms. The van der Waals surface area contributed by atoms with E-state index in [1.165, 1.54) is 17.0 Å². The third kappa shape index (κ3) is 4.29. The highest BCUT2D eigenvalue weighted by Gasteiger charge is 2.05. The third-order valence-corrected chi connectivity index (χ3v) is 3.68. The van der Waals surface area contributed by atoms with Gasteiger partial charge in [0, 0.05) is 35.7 Å². The molecule has 1 aromatic heterocycles. The van der Waals surface area contributed by atoms with Crippen LogP contribution in [0.5, 0.6) is 5.75 Å². The minimum absolute atomic E-state index is 0.211. The monoisotopic (exact) mass is 283 g/mol. The van der Waals surface area contributed by atoms with Crippen LogP contribution in [0.15, 0.2) is 35.7 Å². The summed E-state index contributed by atoms with van der Waals surface area (Å²) >= 11 is 1.69. The summed E-state index contributed by atoms with van der Waals surface area (Å²) in [5.74, 6) is -1.05. The van der Waals surface area contributed by atoms with Crippen molar-refractivity contribution in [1.29, 1.82) is 0 Å². The Kier molecular flexibility index (Phi) is 4.87. The second kappa shape index (κ2) is 6.63. The van der Waals surface area contributed by atoms with Crippen molar-refractivity contribution in [3.05, 3.63) is 52.2 Å². The van der Waals surface area contributed by atoms with E-state index in [9.17, 15) is 8.78 Å². The summed E-state index contributed by atoms with van der Waals surface area (Å²) in [6.07, 6.45) is 0. The van der Waals surface area contributed by atoms with Crippen LogP contribution in [0.2, 0.25) is 0 Å². The molecule has 0 saturated heterocycles. The van der Waals surface area contributed by atoms with Gasteiger partial charge in [0.1, 0.15) is 24.0 Å². The minimum Gasteiger partial charge on any atom is -0.492 e. The number of ether oxygens (including phenoxy) is 1. The van der Waals surface area contributed by atoms with E-state index in [0.717, 1.165) is 6.07 Å². The molecule has 2 aromatic rings. The van der Waals surface area contributed by atoms with Gasteiger partial charge in [0.2, 0.25) is 0 Å². The van der Waals surface area contributed by atoms with Crippen molar-refractivity contribution in [2.24, 2.45) is 0 Å². The molecule has 2 rings (SSSR count). The number of halogens is 2. The summed E-state index contributed by atoms with van der Waals surface area (Å²) in [5, 5.41) is 5.31. The molecular weight excluding hydrogens is 268 g/mol. The second-order valence-corrected chi connectivity index (χ2v) is 5.12. The maximum Gasteiger partial charge on any atom is 0.129 e. The Morgan fingerprint density at radius 3 is 2.63 bits per heavy atom. The van der Waals surface area contributed by atoms with Crippen LogP contribution in [0.1, 0.15) is 17.8 Å². The van der Waals surface area contributed by atoms with Gasteiger partial charge in [-0.1, -0.05) is 6.07 Å². The molecule has 0 aliphatic rings. The zero-order chi connectivity index (χ0) is 13.7. The van der Waals surface area contributed by atoms with Crippen molar-refractivity contribution in [1.82, 2.24) is 5.32 Å². The Morgan fingerprint density at radius 2 is 2.00 bits per heavy atom. The van der Waals surface area contributed by atoms with Gasteiger partial charge in [-0.25, -0.2) is 8.78 Å². The van der Waals surface area contributed by atoms with Gasteiger partial charge in [0.15, 0.2) is 0 Å². The van der Waals surface area contributed by atoms with Crippen LogP contribution in [-0.4, -0.2) is 13.2 Å². The van der Waals surface area contributed by atoms with E-state index in [1.54, 1.807) is 11.3 Å². The van der Waals surface area contributed by atoms with Crippen LogP contribution in [0, 0.1) is 11.6 Å². The number of nitrogens with one attached hydrogen (secondary N) is 1. The lowest BCUT2D eigenvalue weighted by atomic mass is 10.3. The van der Waals surface area contributed by atoms with E-state index in [2.05, 4.69) is 18.3 Å². The Balaban J connectivity index is 1.75. The van der Waals surface area contributed by atoms with Crippen molar-refractivity contribution in [3.63, 3.8) is 0 Å². The highest BCUT2D eigenvalue weighted by Crippen LogP contribution is 2.18. The quantitative estimate of drug-likeness (QED) is 0.815. The molecular formula is C14H15F2NOS. The smallest absolute Gasteiger partial charge is 0.129 e. The molecule has 0 fully saturated rings. The van der Waals surface area contributed by atoms with Crippen molar-refractivity contribution in [2.75, 3.05) is 13.2 Å². The van der Waals surface area contributed by atoms with Gasteiger partial charge >= 0.3 is 0 Å². The molecule has 0 aliphatic heterocycles. The molecule has 1 atom stereocenters. The van der Waals surface area contributed by atoms with Crippen LogP contribution >= 0.6 is 11.3 Å². The van der Waals surface area contributed by atoms with E-state index in [1.807, 2.05) is 11.4 Å². The molecule has 19 heavy (non-hydrogen) atoms. The lowest BCUT2D eigenvalue weighted by Gasteiger charge is -2.12. The van der Waals surface area contributed by atoms with Crippen molar-refractivity contribution in [3.8, 4) is 5.75 Å². The molecule has 0 bridgehead atoms. The molecule has 102 valence electrons. The molecule has 1 N–H and O–H groups in total. The SMILES string of the molecule is CC(NCCOc1cc(F)cc(F)c1)c1cccs1. The van der Waals surface area contributed by atoms with Crippen LogP contribution in [0.3, 0.4) is 0 Å². The first-order valence-electron chi connectivity index (χ1n) is 6.01. The molecule has 1 heterocycles. The maximum atomic E-state index is 12.9. The first kappa shape index (κ1) is 14.0. The van der Waals surface area contributed by atoms with Crippen LogP contribution < -0.4 is 10.1 Å². The van der Waals surface area contributed by atoms with Gasteiger partial charge in [0.05, 0.1) is 0 Å². The van der Waals surface area contributed by atoms with E-state index in [0.29, 0.717) is 13.2 Å². The molecule has 5 heteroatoms. The van der Waals surface area contributed by atoms with Crippen molar-refractivity contribution >= 4 is 11.3 Å². The fraction of sp³-hybridized carbons (Fsp3) is 0.286. The van der Waals surface area contributed by atoms with Crippen LogP contribution in [0.25, 0.3) is 0 Å². The molecule has 0 aliphatic carbocycles. The molecule has 0 saturated carbocycles. The Labute approximate surface area is 115 Å². The largest absolute Gasteiger partial charge is 0.492 e. The average Bonchev–Trinajstić information content (AvgIpc) is 2.87. The van der Waals surface area contributed by atoms with Gasteiger partial charge in [-0.3, -0.25) is 0 Å². The van der Waals surface area contributed by atoms with E-state index in [4.69, 9.17) is 4.74 Å². The maximum absolute atomic E-state index is 12.9. The molecule has 1 aromatic carbocycles. The zero-order valence-electron chi connectivity index (χ0n) is 10.5. The van der Waals surface area contributed by atoms with Gasteiger partial charge in [-0.05, 0) is 18.4 Å². The first-order chi connectivity index (χ1) is 9.15. The van der Waals surface area contributed by atoms with Crippen LogP contribution in [0.4, 0.5) is 8.78 Å². The number of thiophene rings is 1. The van der Waals surface area contributed by atoms with E-state index in [-0.39, 0.29) is 11.8 Å². The topological polar surface area (TPSA) is 21.3 Å². The van der Waals surface area contributed by atoms with Crippen molar-refractivity contribution in [2.45, 2.75) is 13.0 Å². The summed E-state index contributed by atoms with van der Waals surface area (Å²) in [4.78, 5) is 1.25. The summed E-state index contributed by atoms with van der Waals surface area (Å²) in [6, 6.07) is 7.48. The van der Waals surface area contributed by atoms with Gasteiger partial charge < -0.3 is 10.1 Å². The van der Waals surface area contributed by atoms with Crippen LogP contribution in [-0.2, 0) is 0 Å². The normalized spacial score (nSPS) is 12.4. The van der Waals surface area contributed by atoms with Gasteiger partial charge in [-0.15, -0.1) is 11.3 Å². The highest BCUT2D eigenvalue weighted by atomic mass is 32.1. The highest BCUT2D eigenvalue weighted by molar-refractivity contribution is 7.10. The number of hydrogen-bond acceptors (Lipinski definition) is 3. The minimum atomic E-state index is -0.630. The Morgan fingerprint density at radius 1 is 1.26 bits per heavy atom. The average molecular weight is 283 g/mol. The fourth-order valence-electron chi connectivity index (χ4n) is 1.69. The van der Waals surface area contributed by atoms with Gasteiger partial charge in [0.25, 0.3) is 0 Å². The predicted octanol–water partition coefficient (Wildman–Crippen LogP) is 3.76. The number of benzene rings is 1. The Bertz CT molecular complexity index is 496. The molecule has 0 amide bonds. The fourth-order valence-corrected chi connectivity index (χ4v) is 2.45. The van der Waals surface area contributed by atoms with E-state index >= 15 is 0 Å². The molecule has 0 radical (unpaired) electrons. The first-order valence-corrected chi connectivity index (χ1v) is 6.89. The van der Waals surface area contributed by atoms with Crippen molar-refractivity contribution < 1.29 is 13.5 Å². The summed E-state index contributed by atoms with van der Waals surface area (Å²) in [5.41, 5.74) is 0. The lowest BCUT2D eigenvalue weighted by molar-refractivity contribution is 0.305. The summed E-state index contributed by atoms with van der Waals surface area (Å²) in [7, 11) is 0. The number of hydrogen-bond donors (Lipinski definition) is 1. The molecule has 2 nitrogen and oxygen atoms in total. The number of rotatable bonds is 6. The van der Waals surface area contributed by atoms with E-state index < -0.39 is 11.6 Å². The predicted molar refractivity (Wildman–Crippen MR) is 72.6 cm³/mol. The summed E-state index contributed by atoms with van der Waals surface area (Å²) < 4.78 is 31.1. The molecule has 1 unspecified atom stereocenters. The Hall–Kier alpha value is -1.46. The van der Waals surface area contributed by atoms with Gasteiger partial charge in [-0.2, -0.15) is 0 Å². The third-order valence-electron chi connectivity index (χ3n) is 2.63.